The molecule has 14 heavy (non-hydrogen) atoms. The average molecular weight is 200 g/mol. The molecule has 4 heteroatoms. The van der Waals surface area contributed by atoms with E-state index < -0.39 is 5.41 Å². The van der Waals surface area contributed by atoms with Gasteiger partial charge in [-0.1, -0.05) is 0 Å². The fourth-order valence-corrected chi connectivity index (χ4v) is 1.39. The van der Waals surface area contributed by atoms with E-state index in [1.54, 1.807) is 0 Å². The molecule has 1 saturated heterocycles. The topological polar surface area (TPSA) is 64.3 Å². The molecule has 4 nitrogen and oxygen atoms in total. The van der Waals surface area contributed by atoms with Gasteiger partial charge in [0.1, 0.15) is 0 Å². The summed E-state index contributed by atoms with van der Waals surface area (Å²) in [4.78, 5) is 11.0. The van der Waals surface area contributed by atoms with E-state index in [2.05, 4.69) is 5.32 Å². The van der Waals surface area contributed by atoms with Gasteiger partial charge < -0.3 is 15.8 Å². The number of carbonyl (C=O) groups excluding carboxylic acids is 1. The summed E-state index contributed by atoms with van der Waals surface area (Å²) >= 11 is 0. The number of rotatable bonds is 4. The van der Waals surface area contributed by atoms with Crippen LogP contribution < -0.4 is 11.1 Å². The van der Waals surface area contributed by atoms with Gasteiger partial charge in [-0.15, -0.1) is 0 Å². The van der Waals surface area contributed by atoms with Crippen molar-refractivity contribution in [2.24, 2.45) is 11.1 Å². The molecular formula is C10H20N2O2. The summed E-state index contributed by atoms with van der Waals surface area (Å²) in [6, 6.07) is 0.377. The largest absolute Gasteiger partial charge is 0.380 e. The Bertz CT molecular complexity index is 198. The number of ether oxygens (including phenoxy) is 1. The van der Waals surface area contributed by atoms with E-state index in [0.29, 0.717) is 12.6 Å². The summed E-state index contributed by atoms with van der Waals surface area (Å²) in [5, 5.41) is 3.32. The molecule has 0 saturated carbocycles. The van der Waals surface area contributed by atoms with E-state index >= 15 is 0 Å². The molecule has 1 heterocycles. The molecule has 82 valence electrons. The summed E-state index contributed by atoms with van der Waals surface area (Å²) in [5.41, 5.74) is 4.80. The number of hydrogen-bond donors (Lipinski definition) is 2. The maximum Gasteiger partial charge on any atom is 0.224 e. The Hall–Kier alpha value is -0.610. The summed E-state index contributed by atoms with van der Waals surface area (Å²) in [5.74, 6) is -0.262. The zero-order valence-electron chi connectivity index (χ0n) is 9.01. The minimum absolute atomic E-state index is 0.262. The van der Waals surface area contributed by atoms with E-state index in [1.807, 2.05) is 13.8 Å². The summed E-state index contributed by atoms with van der Waals surface area (Å²) in [6.45, 7) is 5.93. The maximum atomic E-state index is 11.0. The highest BCUT2D eigenvalue weighted by Gasteiger charge is 2.26. The first-order valence-electron chi connectivity index (χ1n) is 5.13. The highest BCUT2D eigenvalue weighted by Crippen LogP contribution is 2.14. The van der Waals surface area contributed by atoms with Crippen LogP contribution in [0.3, 0.4) is 0 Å². The lowest BCUT2D eigenvalue weighted by atomic mass is 9.92. The van der Waals surface area contributed by atoms with Crippen molar-refractivity contribution in [3.05, 3.63) is 0 Å². The van der Waals surface area contributed by atoms with E-state index in [-0.39, 0.29) is 5.91 Å². The fourth-order valence-electron chi connectivity index (χ4n) is 1.39. The lowest BCUT2D eigenvalue weighted by molar-refractivity contribution is -0.125. The van der Waals surface area contributed by atoms with E-state index in [4.69, 9.17) is 10.5 Å². The summed E-state index contributed by atoms with van der Waals surface area (Å²) < 4.78 is 5.33. The van der Waals surface area contributed by atoms with Crippen LogP contribution in [0.2, 0.25) is 0 Å². The zero-order chi connectivity index (χ0) is 10.6. The Kier molecular flexibility index (Phi) is 3.89. The second kappa shape index (κ2) is 4.75. The SMILES string of the molecule is CC(C)(CNC1CCCOC1)C(N)=O. The molecule has 0 aromatic rings. The normalized spacial score (nSPS) is 23.4. The molecule has 1 rings (SSSR count). The molecule has 1 unspecified atom stereocenters. The van der Waals surface area contributed by atoms with Crippen molar-refractivity contribution in [1.29, 1.82) is 0 Å². The van der Waals surface area contributed by atoms with Crippen molar-refractivity contribution in [1.82, 2.24) is 5.32 Å². The molecule has 0 aromatic carbocycles. The van der Waals surface area contributed by atoms with Crippen LogP contribution in [0, 0.1) is 5.41 Å². The Morgan fingerprint density at radius 3 is 2.86 bits per heavy atom. The Balaban J connectivity index is 2.28. The third-order valence-corrected chi connectivity index (χ3v) is 2.66. The van der Waals surface area contributed by atoms with Gasteiger partial charge in [-0.05, 0) is 26.7 Å². The Morgan fingerprint density at radius 1 is 1.64 bits per heavy atom. The number of nitrogens with one attached hydrogen (secondary N) is 1. The van der Waals surface area contributed by atoms with Gasteiger partial charge in [-0.25, -0.2) is 0 Å². The van der Waals surface area contributed by atoms with Crippen molar-refractivity contribution in [3.8, 4) is 0 Å². The van der Waals surface area contributed by atoms with Gasteiger partial charge in [-0.2, -0.15) is 0 Å². The van der Waals surface area contributed by atoms with Crippen molar-refractivity contribution in [2.45, 2.75) is 32.7 Å². The monoisotopic (exact) mass is 200 g/mol. The molecule has 3 N–H and O–H groups in total. The Labute approximate surface area is 85.2 Å². The first-order chi connectivity index (χ1) is 6.52. The number of carbonyl (C=O) groups is 1. The Morgan fingerprint density at radius 2 is 2.36 bits per heavy atom. The van der Waals surface area contributed by atoms with Crippen molar-refractivity contribution in [2.75, 3.05) is 19.8 Å². The van der Waals surface area contributed by atoms with Crippen LogP contribution in [0.4, 0.5) is 0 Å². The third-order valence-electron chi connectivity index (χ3n) is 2.66. The molecule has 0 spiro atoms. The highest BCUT2D eigenvalue weighted by molar-refractivity contribution is 5.80. The smallest absolute Gasteiger partial charge is 0.224 e. The minimum atomic E-state index is -0.475. The molecule has 0 aromatic heterocycles. The quantitative estimate of drug-likeness (QED) is 0.684. The molecule has 0 radical (unpaired) electrons. The van der Waals surface area contributed by atoms with Crippen LogP contribution >= 0.6 is 0 Å². The molecule has 1 atom stereocenters. The molecule has 0 bridgehead atoms. The summed E-state index contributed by atoms with van der Waals surface area (Å²) in [7, 11) is 0. The number of nitrogens with two attached hydrogens (primary N) is 1. The first-order valence-corrected chi connectivity index (χ1v) is 5.13. The van der Waals surface area contributed by atoms with E-state index in [0.717, 1.165) is 26.1 Å². The van der Waals surface area contributed by atoms with Gasteiger partial charge in [-0.3, -0.25) is 4.79 Å². The van der Waals surface area contributed by atoms with Gasteiger partial charge in [0.05, 0.1) is 12.0 Å². The predicted molar refractivity (Wildman–Crippen MR) is 54.8 cm³/mol. The molecule has 0 aliphatic carbocycles. The second-order valence-electron chi connectivity index (χ2n) is 4.54. The molecule has 1 aliphatic heterocycles. The van der Waals surface area contributed by atoms with Crippen LogP contribution in [-0.4, -0.2) is 31.7 Å². The van der Waals surface area contributed by atoms with Gasteiger partial charge in [0.25, 0.3) is 0 Å². The number of primary amides is 1. The lowest BCUT2D eigenvalue weighted by Gasteiger charge is -2.28. The molecule has 1 fully saturated rings. The van der Waals surface area contributed by atoms with Gasteiger partial charge >= 0.3 is 0 Å². The van der Waals surface area contributed by atoms with Gasteiger partial charge in [0.2, 0.25) is 5.91 Å². The summed E-state index contributed by atoms with van der Waals surface area (Å²) in [6.07, 6.45) is 2.21. The maximum absolute atomic E-state index is 11.0. The van der Waals surface area contributed by atoms with E-state index in [1.165, 1.54) is 0 Å². The standard InChI is InChI=1S/C10H20N2O2/c1-10(2,9(11)13)7-12-8-4-3-5-14-6-8/h8,12H,3-7H2,1-2H3,(H2,11,13). The number of hydrogen-bond acceptors (Lipinski definition) is 3. The van der Waals surface area contributed by atoms with Crippen LogP contribution in [0.5, 0.6) is 0 Å². The minimum Gasteiger partial charge on any atom is -0.380 e. The van der Waals surface area contributed by atoms with Gasteiger partial charge in [0.15, 0.2) is 0 Å². The van der Waals surface area contributed by atoms with Crippen LogP contribution in [0.1, 0.15) is 26.7 Å². The van der Waals surface area contributed by atoms with Crippen molar-refractivity contribution < 1.29 is 9.53 Å². The predicted octanol–water partition coefficient (Wildman–Crippen LogP) is 0.267. The van der Waals surface area contributed by atoms with Crippen molar-refractivity contribution >= 4 is 5.91 Å². The van der Waals surface area contributed by atoms with Gasteiger partial charge in [0, 0.05) is 19.2 Å². The number of amides is 1. The lowest BCUT2D eigenvalue weighted by Crippen LogP contribution is -2.46. The first kappa shape index (κ1) is 11.5. The molecular weight excluding hydrogens is 180 g/mol. The van der Waals surface area contributed by atoms with Crippen LogP contribution in [-0.2, 0) is 9.53 Å². The average Bonchev–Trinajstić information content (AvgIpc) is 2.16. The van der Waals surface area contributed by atoms with Crippen LogP contribution in [0.25, 0.3) is 0 Å². The highest BCUT2D eigenvalue weighted by atomic mass is 16.5. The van der Waals surface area contributed by atoms with E-state index in [9.17, 15) is 4.79 Å². The van der Waals surface area contributed by atoms with Crippen LogP contribution in [0.15, 0.2) is 0 Å². The molecule has 1 aliphatic rings. The molecule has 1 amide bonds. The van der Waals surface area contributed by atoms with Crippen molar-refractivity contribution in [3.63, 3.8) is 0 Å². The third kappa shape index (κ3) is 3.27. The second-order valence-corrected chi connectivity index (χ2v) is 4.54. The zero-order valence-corrected chi connectivity index (χ0v) is 9.01. The fraction of sp³-hybridized carbons (Fsp3) is 0.900.